The van der Waals surface area contributed by atoms with Crippen LogP contribution in [0, 0.1) is 0 Å². The maximum atomic E-state index is 4.18. The zero-order valence-electron chi connectivity index (χ0n) is 13.6. The summed E-state index contributed by atoms with van der Waals surface area (Å²) in [6.07, 6.45) is 7.50. The lowest BCUT2D eigenvalue weighted by Gasteiger charge is -2.27. The molecule has 116 valence electrons. The second-order valence-corrected chi connectivity index (χ2v) is 6.74. The number of fused-ring (bicyclic) bond motifs is 5. The second-order valence-electron chi connectivity index (χ2n) is 6.74. The van der Waals surface area contributed by atoms with E-state index in [0.29, 0.717) is 5.92 Å². The third-order valence-electron chi connectivity index (χ3n) is 5.48. The van der Waals surface area contributed by atoms with E-state index in [0.717, 1.165) is 0 Å². The van der Waals surface area contributed by atoms with Gasteiger partial charge in [-0.15, -0.1) is 0 Å². The van der Waals surface area contributed by atoms with E-state index in [1.807, 2.05) is 12.4 Å². The topological polar surface area (TPSA) is 12.9 Å². The number of rotatable bonds is 1. The Morgan fingerprint density at radius 3 is 2.50 bits per heavy atom. The molecule has 1 heterocycles. The number of aryl methyl sites for hydroxylation is 1. The maximum Gasteiger partial charge on any atom is 0.0270 e. The van der Waals surface area contributed by atoms with Crippen LogP contribution in [0.3, 0.4) is 0 Å². The zero-order chi connectivity index (χ0) is 15.9. The second kappa shape index (κ2) is 5.45. The van der Waals surface area contributed by atoms with Crippen LogP contribution in [0.2, 0.25) is 0 Å². The average molecular weight is 309 g/mol. The molecule has 0 radical (unpaired) electrons. The van der Waals surface area contributed by atoms with Crippen molar-refractivity contribution in [2.75, 3.05) is 0 Å². The lowest BCUT2D eigenvalue weighted by atomic mass is 9.77. The lowest BCUT2D eigenvalue weighted by Crippen LogP contribution is -2.11. The Kier molecular flexibility index (Phi) is 3.12. The predicted molar refractivity (Wildman–Crippen MR) is 100 cm³/mol. The molecule has 0 bridgehead atoms. The smallest absolute Gasteiger partial charge is 0.0270 e. The van der Waals surface area contributed by atoms with Crippen molar-refractivity contribution in [3.63, 3.8) is 0 Å². The van der Waals surface area contributed by atoms with E-state index in [2.05, 4.69) is 65.6 Å². The van der Waals surface area contributed by atoms with Crippen LogP contribution in [0.4, 0.5) is 0 Å². The Hall–Kier alpha value is -2.67. The highest BCUT2D eigenvalue weighted by atomic mass is 14.6. The van der Waals surface area contributed by atoms with Crippen LogP contribution in [0.15, 0.2) is 73.1 Å². The van der Waals surface area contributed by atoms with Crippen LogP contribution < -0.4 is 0 Å². The van der Waals surface area contributed by atoms with Gasteiger partial charge in [0.1, 0.15) is 0 Å². The third kappa shape index (κ3) is 2.05. The number of hydrogen-bond acceptors (Lipinski definition) is 1. The summed E-state index contributed by atoms with van der Waals surface area (Å²) in [7, 11) is 0. The molecule has 1 aliphatic carbocycles. The number of nitrogens with zero attached hydrogens (tertiary/aromatic N) is 1. The van der Waals surface area contributed by atoms with Gasteiger partial charge in [0.25, 0.3) is 0 Å². The fourth-order valence-corrected chi connectivity index (χ4v) is 4.35. The number of aromatic nitrogens is 1. The van der Waals surface area contributed by atoms with E-state index in [1.165, 1.54) is 51.9 Å². The van der Waals surface area contributed by atoms with Gasteiger partial charge in [0.05, 0.1) is 0 Å². The molecule has 0 fully saturated rings. The first-order valence-corrected chi connectivity index (χ1v) is 8.75. The fraction of sp³-hybridized carbons (Fsp3) is 0.174. The average Bonchev–Trinajstić information content (AvgIpc) is 2.67. The Bertz CT molecular complexity index is 1030. The molecule has 1 atom stereocenters. The molecule has 24 heavy (non-hydrogen) atoms. The Balaban J connectivity index is 1.77. The Morgan fingerprint density at radius 1 is 0.750 bits per heavy atom. The molecule has 1 aromatic heterocycles. The van der Waals surface area contributed by atoms with E-state index < -0.39 is 0 Å². The van der Waals surface area contributed by atoms with Crippen molar-refractivity contribution in [2.24, 2.45) is 0 Å². The molecule has 0 spiro atoms. The molecule has 0 saturated heterocycles. The molecule has 0 saturated carbocycles. The molecule has 0 N–H and O–H groups in total. The number of hydrogen-bond donors (Lipinski definition) is 0. The van der Waals surface area contributed by atoms with E-state index in [1.54, 1.807) is 5.56 Å². The van der Waals surface area contributed by atoms with Crippen molar-refractivity contribution in [1.82, 2.24) is 4.98 Å². The van der Waals surface area contributed by atoms with Crippen molar-refractivity contribution in [3.8, 4) is 0 Å². The largest absolute Gasteiger partial charge is 0.265 e. The van der Waals surface area contributed by atoms with Crippen molar-refractivity contribution in [1.29, 1.82) is 0 Å². The molecule has 4 aromatic rings. The summed E-state index contributed by atoms with van der Waals surface area (Å²) in [6.45, 7) is 0. The quantitative estimate of drug-likeness (QED) is 0.401. The van der Waals surface area contributed by atoms with Gasteiger partial charge in [-0.2, -0.15) is 0 Å². The minimum Gasteiger partial charge on any atom is -0.265 e. The summed E-state index contributed by atoms with van der Waals surface area (Å²) in [5.41, 5.74) is 4.45. The van der Waals surface area contributed by atoms with Gasteiger partial charge in [-0.3, -0.25) is 4.98 Å². The molecular weight excluding hydrogens is 290 g/mol. The van der Waals surface area contributed by atoms with Crippen LogP contribution in [-0.4, -0.2) is 4.98 Å². The SMILES string of the molecule is c1ccc2c(c1)ccc1c3c(ccc12)C(c1ccncc1)CCC3. The Morgan fingerprint density at radius 2 is 1.58 bits per heavy atom. The summed E-state index contributed by atoms with van der Waals surface area (Å²) in [4.78, 5) is 4.18. The molecule has 1 aliphatic rings. The van der Waals surface area contributed by atoms with Gasteiger partial charge in [-0.05, 0) is 69.6 Å². The summed E-state index contributed by atoms with van der Waals surface area (Å²) in [6, 6.07) is 22.3. The van der Waals surface area contributed by atoms with Crippen LogP contribution in [0.5, 0.6) is 0 Å². The van der Waals surface area contributed by atoms with E-state index >= 15 is 0 Å². The lowest BCUT2D eigenvalue weighted by molar-refractivity contribution is 0.619. The Labute approximate surface area is 142 Å². The molecule has 0 aliphatic heterocycles. The summed E-state index contributed by atoms with van der Waals surface area (Å²) in [5, 5.41) is 5.52. The monoisotopic (exact) mass is 309 g/mol. The molecule has 5 rings (SSSR count). The maximum absolute atomic E-state index is 4.18. The van der Waals surface area contributed by atoms with Gasteiger partial charge >= 0.3 is 0 Å². The van der Waals surface area contributed by atoms with Gasteiger partial charge < -0.3 is 0 Å². The van der Waals surface area contributed by atoms with Crippen LogP contribution in [0.25, 0.3) is 21.5 Å². The highest BCUT2D eigenvalue weighted by Gasteiger charge is 2.23. The molecule has 1 heteroatoms. The fourth-order valence-electron chi connectivity index (χ4n) is 4.35. The highest BCUT2D eigenvalue weighted by Crippen LogP contribution is 2.40. The summed E-state index contributed by atoms with van der Waals surface area (Å²) in [5.74, 6) is 0.507. The minimum atomic E-state index is 0.507. The number of pyridine rings is 1. The van der Waals surface area contributed by atoms with Gasteiger partial charge in [0.2, 0.25) is 0 Å². The summed E-state index contributed by atoms with van der Waals surface area (Å²) >= 11 is 0. The van der Waals surface area contributed by atoms with Gasteiger partial charge in [0.15, 0.2) is 0 Å². The minimum absolute atomic E-state index is 0.507. The molecule has 3 aromatic carbocycles. The molecule has 1 nitrogen and oxygen atoms in total. The van der Waals surface area contributed by atoms with E-state index in [4.69, 9.17) is 0 Å². The van der Waals surface area contributed by atoms with E-state index in [9.17, 15) is 0 Å². The van der Waals surface area contributed by atoms with Gasteiger partial charge in [-0.25, -0.2) is 0 Å². The van der Waals surface area contributed by atoms with E-state index in [-0.39, 0.29) is 0 Å². The standard InChI is InChI=1S/C23H19N/c1-2-5-18-16(4-1)8-9-23-20-7-3-6-19(17-12-14-24-15-13-17)21(20)10-11-22(18)23/h1-2,4-5,8-15,19H,3,6-7H2. The van der Waals surface area contributed by atoms with Crippen molar-refractivity contribution >= 4 is 21.5 Å². The van der Waals surface area contributed by atoms with Crippen molar-refractivity contribution in [2.45, 2.75) is 25.2 Å². The predicted octanol–water partition coefficient (Wildman–Crippen LogP) is 5.86. The van der Waals surface area contributed by atoms with Crippen LogP contribution in [-0.2, 0) is 6.42 Å². The first-order valence-electron chi connectivity index (χ1n) is 8.75. The van der Waals surface area contributed by atoms with Gasteiger partial charge in [0, 0.05) is 18.3 Å². The first kappa shape index (κ1) is 13.7. The third-order valence-corrected chi connectivity index (χ3v) is 5.48. The van der Waals surface area contributed by atoms with Crippen molar-refractivity contribution in [3.05, 3.63) is 89.7 Å². The molecule has 0 amide bonds. The molecule has 1 unspecified atom stereocenters. The highest BCUT2D eigenvalue weighted by molar-refractivity contribution is 6.08. The zero-order valence-corrected chi connectivity index (χ0v) is 13.6. The van der Waals surface area contributed by atoms with Crippen LogP contribution in [0.1, 0.15) is 35.4 Å². The van der Waals surface area contributed by atoms with Crippen LogP contribution >= 0.6 is 0 Å². The molecular formula is C23H19N. The first-order chi connectivity index (χ1) is 11.9. The van der Waals surface area contributed by atoms with Crippen molar-refractivity contribution < 1.29 is 0 Å². The number of benzene rings is 3. The summed E-state index contributed by atoms with van der Waals surface area (Å²) < 4.78 is 0. The van der Waals surface area contributed by atoms with Gasteiger partial charge in [-0.1, -0.05) is 48.5 Å². The normalized spacial score (nSPS) is 17.1.